The van der Waals surface area contributed by atoms with E-state index in [4.69, 9.17) is 17.2 Å². The first kappa shape index (κ1) is 24.2. The van der Waals surface area contributed by atoms with E-state index < -0.39 is 20.5 Å². The molecule has 6 heteroatoms. The molecule has 3 nitrogen and oxygen atoms in total. The van der Waals surface area contributed by atoms with Gasteiger partial charge in [0.05, 0.1) is 0 Å². The normalized spacial score (nSPS) is 8.57. The molecule has 0 amide bonds. The third kappa shape index (κ3) is 52.9. The summed E-state index contributed by atoms with van der Waals surface area (Å²) < 4.78 is 0. The van der Waals surface area contributed by atoms with E-state index in [-0.39, 0.29) is 0 Å². The Morgan fingerprint density at radius 2 is 0.929 bits per heavy atom. The summed E-state index contributed by atoms with van der Waals surface area (Å²) in [6.45, 7) is 0. The Hall–Kier alpha value is 0.810. The van der Waals surface area contributed by atoms with Gasteiger partial charge < -0.3 is 17.2 Å². The molecule has 0 aromatic carbocycles. The van der Waals surface area contributed by atoms with Crippen LogP contribution >= 0.6 is 17.2 Å². The standard InChI is InChI=1S/C5H5.3CH5N.2ClH.Hf/c1-2-4-5-3-1;3*1-2;;;/h1-5H;3*2H2,1H3;2*1H;/q;;;;;;+2/p-2. The van der Waals surface area contributed by atoms with Crippen LogP contribution in [0.4, 0.5) is 0 Å². The molecule has 0 aromatic heterocycles. The predicted octanol–water partition coefficient (Wildman–Crippen LogP) is 1.42. The maximum atomic E-state index is 4.96. The second-order valence-electron chi connectivity index (χ2n) is 1.03. The summed E-state index contributed by atoms with van der Waals surface area (Å²) in [6, 6.07) is 0. The van der Waals surface area contributed by atoms with Crippen molar-refractivity contribution >= 4 is 17.2 Å². The molecule has 0 aliphatic heterocycles. The molecule has 0 bridgehead atoms. The van der Waals surface area contributed by atoms with Crippen LogP contribution in [-0.2, 0) is 20.5 Å². The number of nitrogens with two attached hydrogens (primary N) is 3. The van der Waals surface area contributed by atoms with Crippen LogP contribution < -0.4 is 17.2 Å². The average Bonchev–Trinajstić information content (AvgIpc) is 2.85. The van der Waals surface area contributed by atoms with E-state index in [0.717, 1.165) is 0 Å². The molecule has 0 spiro atoms. The fourth-order valence-electron chi connectivity index (χ4n) is 0.321. The fourth-order valence-corrected chi connectivity index (χ4v) is 0.321. The van der Waals surface area contributed by atoms with E-state index in [1.165, 1.54) is 21.1 Å². The minimum absolute atomic E-state index is 0.972. The minimum atomic E-state index is -0.972. The van der Waals surface area contributed by atoms with E-state index >= 15 is 0 Å². The van der Waals surface area contributed by atoms with Gasteiger partial charge in [-0.25, -0.2) is 0 Å². The number of rotatable bonds is 0. The number of allylic oxidation sites excluding steroid dienone is 4. The zero-order valence-corrected chi connectivity index (χ0v) is 14.0. The number of halogens is 2. The molecule has 1 radical (unpaired) electrons. The van der Waals surface area contributed by atoms with E-state index in [1.807, 2.05) is 30.7 Å². The van der Waals surface area contributed by atoms with Gasteiger partial charge in [0.1, 0.15) is 0 Å². The van der Waals surface area contributed by atoms with Gasteiger partial charge in [-0.05, 0) is 21.1 Å². The molecule has 1 aliphatic rings. The van der Waals surface area contributed by atoms with Crippen molar-refractivity contribution in [2.45, 2.75) is 0 Å². The molecule has 0 fully saturated rings. The van der Waals surface area contributed by atoms with Crippen molar-refractivity contribution < 1.29 is 20.5 Å². The van der Waals surface area contributed by atoms with Crippen molar-refractivity contribution in [1.82, 2.24) is 0 Å². The Balaban J connectivity index is -0.0000000494. The Morgan fingerprint density at radius 1 is 0.714 bits per heavy atom. The molecule has 0 aromatic rings. The van der Waals surface area contributed by atoms with Crippen molar-refractivity contribution in [2.24, 2.45) is 17.2 Å². The fraction of sp³-hybridized carbons (Fsp3) is 0.375. The average molecular weight is 408 g/mol. The summed E-state index contributed by atoms with van der Waals surface area (Å²) in [4.78, 5) is 0. The Morgan fingerprint density at radius 3 is 1.00 bits per heavy atom. The number of hydrogen-bond acceptors (Lipinski definition) is 3. The van der Waals surface area contributed by atoms with Crippen molar-refractivity contribution in [3.05, 3.63) is 30.7 Å². The molecular formula is C8H20Cl2HfN3. The van der Waals surface area contributed by atoms with Crippen molar-refractivity contribution in [3.63, 3.8) is 0 Å². The van der Waals surface area contributed by atoms with Gasteiger partial charge in [-0.2, -0.15) is 0 Å². The van der Waals surface area contributed by atoms with Crippen LogP contribution in [0.3, 0.4) is 0 Å². The summed E-state index contributed by atoms with van der Waals surface area (Å²) in [5.74, 6) is 0. The number of hydrogen-bond donors (Lipinski definition) is 3. The second kappa shape index (κ2) is 48.9. The Kier molecular flexibility index (Phi) is 84.4. The molecular weight excluding hydrogens is 388 g/mol. The summed E-state index contributed by atoms with van der Waals surface area (Å²) >= 11 is -0.972. The van der Waals surface area contributed by atoms with Crippen LogP contribution in [0.5, 0.6) is 0 Å². The van der Waals surface area contributed by atoms with Crippen molar-refractivity contribution in [3.8, 4) is 0 Å². The van der Waals surface area contributed by atoms with Crippen molar-refractivity contribution in [2.75, 3.05) is 21.1 Å². The van der Waals surface area contributed by atoms with E-state index in [1.54, 1.807) is 0 Å². The summed E-state index contributed by atoms with van der Waals surface area (Å²) in [7, 11) is 14.4. The second-order valence-corrected chi connectivity index (χ2v) is 6.22. The molecule has 1 rings (SSSR count). The zero-order valence-electron chi connectivity index (χ0n) is 8.87. The molecule has 0 unspecified atom stereocenters. The van der Waals surface area contributed by atoms with Crippen LogP contribution in [0.15, 0.2) is 24.3 Å². The zero-order chi connectivity index (χ0) is 12.2. The van der Waals surface area contributed by atoms with Crippen LogP contribution in [0.25, 0.3) is 0 Å². The van der Waals surface area contributed by atoms with Gasteiger partial charge >= 0.3 is 37.7 Å². The van der Waals surface area contributed by atoms with Gasteiger partial charge in [0.2, 0.25) is 0 Å². The third-order valence-corrected chi connectivity index (χ3v) is 0.556. The van der Waals surface area contributed by atoms with Gasteiger partial charge in [0.15, 0.2) is 0 Å². The summed E-state index contributed by atoms with van der Waals surface area (Å²) in [6.07, 6.45) is 10.0. The van der Waals surface area contributed by atoms with Crippen LogP contribution in [0, 0.1) is 6.42 Å². The van der Waals surface area contributed by atoms with Gasteiger partial charge in [0, 0.05) is 6.42 Å². The molecule has 14 heavy (non-hydrogen) atoms. The van der Waals surface area contributed by atoms with Crippen molar-refractivity contribution in [1.29, 1.82) is 0 Å². The van der Waals surface area contributed by atoms with Gasteiger partial charge in [-0.3, -0.25) is 0 Å². The predicted molar refractivity (Wildman–Crippen MR) is 64.6 cm³/mol. The molecule has 0 heterocycles. The molecule has 0 atom stereocenters. The quantitative estimate of drug-likeness (QED) is 0.532. The Bertz CT molecular complexity index is 90.6. The monoisotopic (exact) mass is 408 g/mol. The first-order valence-electron chi connectivity index (χ1n) is 3.78. The maximum absolute atomic E-state index is 4.96. The van der Waals surface area contributed by atoms with E-state index in [9.17, 15) is 0 Å². The molecule has 0 saturated heterocycles. The van der Waals surface area contributed by atoms with Crippen LogP contribution in [0.2, 0.25) is 0 Å². The van der Waals surface area contributed by atoms with Gasteiger partial charge in [-0.1, -0.05) is 24.3 Å². The first-order chi connectivity index (χ1) is 6.91. The molecule has 0 saturated carbocycles. The third-order valence-electron chi connectivity index (χ3n) is 0.556. The van der Waals surface area contributed by atoms with Crippen LogP contribution in [0.1, 0.15) is 0 Å². The Labute approximate surface area is 106 Å². The first-order valence-corrected chi connectivity index (χ1v) is 12.7. The topological polar surface area (TPSA) is 78.1 Å². The SMILES string of the molecule is CN.CN.CN.[CH]1C=CC=C1.[Cl][Hf][Cl]. The molecule has 1 aliphatic carbocycles. The van der Waals surface area contributed by atoms with E-state index in [0.29, 0.717) is 0 Å². The molecule has 6 N–H and O–H groups in total. The van der Waals surface area contributed by atoms with E-state index in [2.05, 4.69) is 17.2 Å². The van der Waals surface area contributed by atoms with Crippen LogP contribution in [-0.4, -0.2) is 21.1 Å². The van der Waals surface area contributed by atoms with Gasteiger partial charge in [-0.15, -0.1) is 0 Å². The molecule has 85 valence electrons. The summed E-state index contributed by atoms with van der Waals surface area (Å²) in [5, 5.41) is 0. The van der Waals surface area contributed by atoms with Gasteiger partial charge in [0.25, 0.3) is 0 Å². The summed E-state index contributed by atoms with van der Waals surface area (Å²) in [5.41, 5.74) is 13.5.